The van der Waals surface area contributed by atoms with Crippen molar-refractivity contribution in [2.24, 2.45) is 5.92 Å². The van der Waals surface area contributed by atoms with Crippen molar-refractivity contribution >= 4 is 28.2 Å². The molecule has 6 heteroatoms. The fraction of sp³-hybridized carbons (Fsp3) is 0.455. The lowest BCUT2D eigenvalue weighted by molar-refractivity contribution is -0.116. The van der Waals surface area contributed by atoms with E-state index in [1.54, 1.807) is 14.0 Å². The van der Waals surface area contributed by atoms with Crippen molar-refractivity contribution in [3.8, 4) is 5.75 Å². The minimum Gasteiger partial charge on any atom is -0.497 e. The second-order valence-electron chi connectivity index (χ2n) is 7.17. The number of fused-ring (bicyclic) bond motifs is 1. The SMILES string of the molecule is CCOC(=O)c1c(NC(=O)CCc2ccc(OC)cc2)sc2c1CC[C@H](C)C2. The molecule has 0 unspecified atom stereocenters. The molecule has 2 aromatic rings. The van der Waals surface area contributed by atoms with E-state index < -0.39 is 0 Å². The molecule has 1 N–H and O–H groups in total. The molecule has 0 fully saturated rings. The Morgan fingerprint density at radius 2 is 2.00 bits per heavy atom. The van der Waals surface area contributed by atoms with Gasteiger partial charge in [0.2, 0.25) is 5.91 Å². The molecule has 1 aromatic carbocycles. The van der Waals surface area contributed by atoms with Crippen molar-refractivity contribution in [2.45, 2.75) is 46.0 Å². The van der Waals surface area contributed by atoms with E-state index in [2.05, 4.69) is 12.2 Å². The number of anilines is 1. The van der Waals surface area contributed by atoms with Gasteiger partial charge in [0.25, 0.3) is 0 Å². The molecule has 0 saturated carbocycles. The Kier molecular flexibility index (Phi) is 6.73. The van der Waals surface area contributed by atoms with E-state index in [1.165, 1.54) is 16.2 Å². The maximum Gasteiger partial charge on any atom is 0.341 e. The van der Waals surface area contributed by atoms with Gasteiger partial charge in [-0.1, -0.05) is 19.1 Å². The van der Waals surface area contributed by atoms with E-state index in [0.29, 0.717) is 35.9 Å². The molecule has 0 radical (unpaired) electrons. The molecule has 1 aromatic heterocycles. The number of esters is 1. The first-order chi connectivity index (χ1) is 13.5. The summed E-state index contributed by atoms with van der Waals surface area (Å²) in [5.74, 6) is 0.971. The highest BCUT2D eigenvalue weighted by Gasteiger charge is 2.29. The average molecular weight is 402 g/mol. The summed E-state index contributed by atoms with van der Waals surface area (Å²) in [5, 5.41) is 3.61. The van der Waals surface area contributed by atoms with Gasteiger partial charge in [-0.3, -0.25) is 4.79 Å². The number of aryl methyl sites for hydroxylation is 1. The van der Waals surface area contributed by atoms with Gasteiger partial charge in [0.1, 0.15) is 10.8 Å². The summed E-state index contributed by atoms with van der Waals surface area (Å²) in [6.45, 7) is 4.34. The van der Waals surface area contributed by atoms with Crippen LogP contribution in [-0.2, 0) is 28.8 Å². The summed E-state index contributed by atoms with van der Waals surface area (Å²) in [7, 11) is 1.63. The quantitative estimate of drug-likeness (QED) is 0.687. The molecule has 28 heavy (non-hydrogen) atoms. The molecule has 150 valence electrons. The largest absolute Gasteiger partial charge is 0.497 e. The van der Waals surface area contributed by atoms with Crippen LogP contribution in [0.25, 0.3) is 0 Å². The number of methoxy groups -OCH3 is 1. The molecule has 1 aliphatic rings. The summed E-state index contributed by atoms with van der Waals surface area (Å²) in [6.07, 6.45) is 3.86. The Bertz CT molecular complexity index is 841. The van der Waals surface area contributed by atoms with E-state index in [9.17, 15) is 9.59 Å². The third-order valence-electron chi connectivity index (χ3n) is 5.04. The summed E-state index contributed by atoms with van der Waals surface area (Å²) >= 11 is 1.53. The Morgan fingerprint density at radius 3 is 2.68 bits per heavy atom. The second-order valence-corrected chi connectivity index (χ2v) is 8.28. The highest BCUT2D eigenvalue weighted by molar-refractivity contribution is 7.17. The third-order valence-corrected chi connectivity index (χ3v) is 6.21. The van der Waals surface area contributed by atoms with Gasteiger partial charge in [0.05, 0.1) is 19.3 Å². The predicted octanol–water partition coefficient (Wildman–Crippen LogP) is 4.63. The molecule has 0 aliphatic heterocycles. The van der Waals surface area contributed by atoms with Crippen molar-refractivity contribution in [1.82, 2.24) is 0 Å². The number of amides is 1. The smallest absolute Gasteiger partial charge is 0.341 e. The first kappa shape index (κ1) is 20.4. The molecule has 0 spiro atoms. The zero-order valence-electron chi connectivity index (χ0n) is 16.7. The number of thiophene rings is 1. The highest BCUT2D eigenvalue weighted by atomic mass is 32.1. The fourth-order valence-corrected chi connectivity index (χ4v) is 4.91. The molecule has 1 aliphatic carbocycles. The van der Waals surface area contributed by atoms with Crippen LogP contribution in [0.5, 0.6) is 5.75 Å². The normalized spacial score (nSPS) is 15.6. The zero-order valence-corrected chi connectivity index (χ0v) is 17.5. The van der Waals surface area contributed by atoms with E-state index in [1.807, 2.05) is 24.3 Å². The van der Waals surface area contributed by atoms with Crippen molar-refractivity contribution in [3.05, 3.63) is 45.8 Å². The van der Waals surface area contributed by atoms with Crippen molar-refractivity contribution in [1.29, 1.82) is 0 Å². The number of ether oxygens (including phenoxy) is 2. The lowest BCUT2D eigenvalue weighted by atomic mass is 9.88. The first-order valence-electron chi connectivity index (χ1n) is 9.76. The van der Waals surface area contributed by atoms with Gasteiger partial charge in [-0.2, -0.15) is 0 Å². The minimum atomic E-state index is -0.333. The highest BCUT2D eigenvalue weighted by Crippen LogP contribution is 2.40. The van der Waals surface area contributed by atoms with Crippen molar-refractivity contribution in [2.75, 3.05) is 19.0 Å². The topological polar surface area (TPSA) is 64.6 Å². The summed E-state index contributed by atoms with van der Waals surface area (Å²) < 4.78 is 10.4. The van der Waals surface area contributed by atoms with E-state index in [4.69, 9.17) is 9.47 Å². The van der Waals surface area contributed by atoms with Crippen molar-refractivity contribution in [3.63, 3.8) is 0 Å². The van der Waals surface area contributed by atoms with Crippen LogP contribution in [0.15, 0.2) is 24.3 Å². The molecule has 1 amide bonds. The van der Waals surface area contributed by atoms with Crippen LogP contribution in [0.1, 0.15) is 53.1 Å². The number of rotatable bonds is 7. The second kappa shape index (κ2) is 9.24. The maximum atomic E-state index is 12.5. The van der Waals surface area contributed by atoms with Crippen LogP contribution in [0.4, 0.5) is 5.00 Å². The minimum absolute atomic E-state index is 0.0898. The number of nitrogens with one attached hydrogen (secondary N) is 1. The average Bonchev–Trinajstić information content (AvgIpc) is 3.03. The molecule has 1 heterocycles. The standard InChI is InChI=1S/C22H27NO4S/c1-4-27-22(25)20-17-11-5-14(2)13-18(17)28-21(20)23-19(24)12-8-15-6-9-16(26-3)10-7-15/h6-7,9-10,14H,4-5,8,11-13H2,1-3H3,(H,23,24)/t14-/m0/s1. The van der Waals surface area contributed by atoms with Crippen molar-refractivity contribution < 1.29 is 19.1 Å². The number of carbonyl (C=O) groups is 2. The predicted molar refractivity (Wildman–Crippen MR) is 111 cm³/mol. The number of hydrogen-bond donors (Lipinski definition) is 1. The molecule has 5 nitrogen and oxygen atoms in total. The Hall–Kier alpha value is -2.34. The molecule has 0 saturated heterocycles. The molecule has 0 bridgehead atoms. The van der Waals surface area contributed by atoms with Gasteiger partial charge in [0.15, 0.2) is 0 Å². The summed E-state index contributed by atoms with van der Waals surface area (Å²) in [6, 6.07) is 7.70. The lowest BCUT2D eigenvalue weighted by Crippen LogP contribution is -2.16. The van der Waals surface area contributed by atoms with Gasteiger partial charge in [-0.05, 0) is 61.8 Å². The molecule has 3 rings (SSSR count). The number of carbonyl (C=O) groups excluding carboxylic acids is 2. The van der Waals surface area contributed by atoms with Crippen LogP contribution in [0, 0.1) is 5.92 Å². The van der Waals surface area contributed by atoms with Gasteiger partial charge in [0, 0.05) is 11.3 Å². The van der Waals surface area contributed by atoms with Gasteiger partial charge >= 0.3 is 5.97 Å². The van der Waals surface area contributed by atoms with Crippen LogP contribution in [-0.4, -0.2) is 25.6 Å². The Balaban J connectivity index is 1.71. The number of benzene rings is 1. The molecular formula is C22H27NO4S. The number of hydrogen-bond acceptors (Lipinski definition) is 5. The van der Waals surface area contributed by atoms with Gasteiger partial charge < -0.3 is 14.8 Å². The first-order valence-corrected chi connectivity index (χ1v) is 10.6. The molecular weight excluding hydrogens is 374 g/mol. The Labute approximate surface area is 170 Å². The van der Waals surface area contributed by atoms with Gasteiger partial charge in [-0.25, -0.2) is 4.79 Å². The zero-order chi connectivity index (χ0) is 20.1. The van der Waals surface area contributed by atoms with E-state index in [-0.39, 0.29) is 11.9 Å². The monoisotopic (exact) mass is 401 g/mol. The fourth-order valence-electron chi connectivity index (χ4n) is 3.50. The summed E-state index contributed by atoms with van der Waals surface area (Å²) in [5.41, 5.74) is 2.69. The van der Waals surface area contributed by atoms with Crippen LogP contribution in [0.3, 0.4) is 0 Å². The Morgan fingerprint density at radius 1 is 1.25 bits per heavy atom. The van der Waals surface area contributed by atoms with Crippen LogP contribution in [0.2, 0.25) is 0 Å². The van der Waals surface area contributed by atoms with E-state index in [0.717, 1.165) is 36.1 Å². The summed E-state index contributed by atoms with van der Waals surface area (Å²) in [4.78, 5) is 26.3. The van der Waals surface area contributed by atoms with Crippen LogP contribution >= 0.6 is 11.3 Å². The van der Waals surface area contributed by atoms with Crippen LogP contribution < -0.4 is 10.1 Å². The maximum absolute atomic E-state index is 12.5. The lowest BCUT2D eigenvalue weighted by Gasteiger charge is -2.18. The van der Waals surface area contributed by atoms with Gasteiger partial charge in [-0.15, -0.1) is 11.3 Å². The third kappa shape index (κ3) is 4.73. The molecule has 1 atom stereocenters. The van der Waals surface area contributed by atoms with E-state index >= 15 is 0 Å².